The first-order valence-corrected chi connectivity index (χ1v) is 2.85. The van der Waals surface area contributed by atoms with Gasteiger partial charge in [0.1, 0.15) is 5.82 Å². The summed E-state index contributed by atoms with van der Waals surface area (Å²) in [6.45, 7) is 0. The van der Waals surface area contributed by atoms with E-state index in [0.717, 1.165) is 6.20 Å². The Morgan fingerprint density at radius 2 is 2.18 bits per heavy atom. The van der Waals surface area contributed by atoms with Crippen molar-refractivity contribution in [3.8, 4) is 0 Å². The van der Waals surface area contributed by atoms with Crippen molar-refractivity contribution in [2.75, 3.05) is 0 Å². The molecule has 0 amide bonds. The third kappa shape index (κ3) is 1.66. The average Bonchev–Trinajstić information content (AvgIpc) is 1.85. The molecule has 1 aromatic rings. The first kappa shape index (κ1) is 7.97. The van der Waals surface area contributed by atoms with E-state index in [2.05, 4.69) is 4.98 Å². The number of aromatic amines is 1. The molecule has 0 atom stereocenters. The van der Waals surface area contributed by atoms with Crippen LogP contribution in [-0.4, -0.2) is 22.2 Å². The van der Waals surface area contributed by atoms with Crippen LogP contribution in [0.5, 0.6) is 0 Å². The second kappa shape index (κ2) is 2.85. The van der Waals surface area contributed by atoms with E-state index in [1.807, 2.05) is 0 Å². The number of hydrogen-bond donors (Lipinski definition) is 3. The van der Waals surface area contributed by atoms with Gasteiger partial charge in [0.05, 0.1) is 0 Å². The van der Waals surface area contributed by atoms with Crippen molar-refractivity contribution in [1.82, 2.24) is 4.98 Å². The van der Waals surface area contributed by atoms with Crippen molar-refractivity contribution in [3.05, 3.63) is 28.4 Å². The lowest BCUT2D eigenvalue weighted by molar-refractivity contribution is 0.422. The van der Waals surface area contributed by atoms with E-state index in [-0.39, 0.29) is 5.46 Å². The van der Waals surface area contributed by atoms with Crippen LogP contribution < -0.4 is 11.0 Å². The van der Waals surface area contributed by atoms with Crippen molar-refractivity contribution < 1.29 is 14.4 Å². The number of rotatable bonds is 1. The number of pyridine rings is 1. The molecule has 0 unspecified atom stereocenters. The Morgan fingerprint density at radius 3 is 2.64 bits per heavy atom. The van der Waals surface area contributed by atoms with Crippen LogP contribution in [0.1, 0.15) is 0 Å². The molecule has 1 rings (SSSR count). The SMILES string of the molecule is O=c1cc(F)c(B(O)O)c[nH]1. The monoisotopic (exact) mass is 157 g/mol. The van der Waals surface area contributed by atoms with Crippen LogP contribution in [0.2, 0.25) is 0 Å². The first-order chi connectivity index (χ1) is 5.11. The normalized spacial score (nSPS) is 9.73. The Kier molecular flexibility index (Phi) is 2.07. The maximum atomic E-state index is 12.6. The van der Waals surface area contributed by atoms with E-state index < -0.39 is 18.5 Å². The molecule has 11 heavy (non-hydrogen) atoms. The zero-order chi connectivity index (χ0) is 8.43. The Bertz CT molecular complexity index is 311. The number of H-pyrrole nitrogens is 1. The van der Waals surface area contributed by atoms with E-state index in [9.17, 15) is 9.18 Å². The largest absolute Gasteiger partial charge is 0.492 e. The Labute approximate surface area is 61.5 Å². The van der Waals surface area contributed by atoms with E-state index in [4.69, 9.17) is 10.0 Å². The lowest BCUT2D eigenvalue weighted by Gasteiger charge is -1.97. The molecule has 0 saturated heterocycles. The van der Waals surface area contributed by atoms with Crippen LogP contribution >= 0.6 is 0 Å². The molecule has 0 spiro atoms. The van der Waals surface area contributed by atoms with Crippen LogP contribution in [0.3, 0.4) is 0 Å². The smallest absolute Gasteiger partial charge is 0.423 e. The maximum Gasteiger partial charge on any atom is 0.492 e. The van der Waals surface area contributed by atoms with Gasteiger partial charge in [0, 0.05) is 17.7 Å². The standard InChI is InChI=1S/C5H5BFNO3/c7-4-1-5(9)8-2-3(4)6(10)11/h1-2,10-11H,(H,8,9). The summed E-state index contributed by atoms with van der Waals surface area (Å²) in [5, 5.41) is 17.0. The summed E-state index contributed by atoms with van der Waals surface area (Å²) >= 11 is 0. The second-order valence-electron chi connectivity index (χ2n) is 1.97. The van der Waals surface area contributed by atoms with Gasteiger partial charge in [-0.1, -0.05) is 0 Å². The molecule has 6 heteroatoms. The summed E-state index contributed by atoms with van der Waals surface area (Å²) in [5.41, 5.74) is -0.962. The van der Waals surface area contributed by atoms with Crippen LogP contribution in [0.25, 0.3) is 0 Å². The highest BCUT2D eigenvalue weighted by Gasteiger charge is 2.15. The molecule has 0 aliphatic heterocycles. The number of hydrogen-bond acceptors (Lipinski definition) is 3. The second-order valence-corrected chi connectivity index (χ2v) is 1.97. The average molecular weight is 157 g/mol. The van der Waals surface area contributed by atoms with Crippen molar-refractivity contribution in [2.24, 2.45) is 0 Å². The fourth-order valence-corrected chi connectivity index (χ4v) is 0.656. The third-order valence-electron chi connectivity index (χ3n) is 1.18. The van der Waals surface area contributed by atoms with Gasteiger partial charge in [0.2, 0.25) is 0 Å². The van der Waals surface area contributed by atoms with Crippen LogP contribution in [-0.2, 0) is 0 Å². The molecule has 0 fully saturated rings. The molecular weight excluding hydrogens is 152 g/mol. The molecule has 0 aromatic carbocycles. The van der Waals surface area contributed by atoms with E-state index in [1.54, 1.807) is 0 Å². The number of aromatic nitrogens is 1. The molecule has 0 aliphatic rings. The van der Waals surface area contributed by atoms with Gasteiger partial charge in [-0.25, -0.2) is 4.39 Å². The number of halogens is 1. The van der Waals surface area contributed by atoms with Gasteiger partial charge in [-0.05, 0) is 0 Å². The highest BCUT2D eigenvalue weighted by atomic mass is 19.1. The molecule has 4 nitrogen and oxygen atoms in total. The highest BCUT2D eigenvalue weighted by molar-refractivity contribution is 6.58. The fourth-order valence-electron chi connectivity index (χ4n) is 0.656. The van der Waals surface area contributed by atoms with Crippen molar-refractivity contribution >= 4 is 12.6 Å². The quantitative estimate of drug-likeness (QED) is 0.420. The Morgan fingerprint density at radius 1 is 1.55 bits per heavy atom. The van der Waals surface area contributed by atoms with Gasteiger partial charge in [0.25, 0.3) is 5.56 Å². The van der Waals surface area contributed by atoms with Crippen molar-refractivity contribution in [2.45, 2.75) is 0 Å². The molecule has 0 radical (unpaired) electrons. The predicted molar refractivity (Wildman–Crippen MR) is 36.8 cm³/mol. The minimum atomic E-state index is -1.90. The molecular formula is C5H5BFNO3. The van der Waals surface area contributed by atoms with Gasteiger partial charge in [-0.15, -0.1) is 0 Å². The predicted octanol–water partition coefficient (Wildman–Crippen LogP) is -1.81. The van der Waals surface area contributed by atoms with Gasteiger partial charge in [0.15, 0.2) is 0 Å². The number of nitrogens with one attached hydrogen (secondary N) is 1. The molecule has 58 valence electrons. The van der Waals surface area contributed by atoms with Crippen molar-refractivity contribution in [3.63, 3.8) is 0 Å². The third-order valence-corrected chi connectivity index (χ3v) is 1.18. The summed E-state index contributed by atoms with van der Waals surface area (Å²) in [7, 11) is -1.90. The fraction of sp³-hybridized carbons (Fsp3) is 0. The van der Waals surface area contributed by atoms with Gasteiger partial charge < -0.3 is 15.0 Å². The Balaban J connectivity index is 3.20. The first-order valence-electron chi connectivity index (χ1n) is 2.85. The minimum absolute atomic E-state index is 0.343. The zero-order valence-corrected chi connectivity index (χ0v) is 5.41. The van der Waals surface area contributed by atoms with Gasteiger partial charge in [-0.2, -0.15) is 0 Å². The topological polar surface area (TPSA) is 73.3 Å². The molecule has 3 N–H and O–H groups in total. The van der Waals surface area contributed by atoms with Crippen LogP contribution in [0, 0.1) is 5.82 Å². The van der Waals surface area contributed by atoms with Gasteiger partial charge >= 0.3 is 7.12 Å². The molecule has 0 saturated carbocycles. The van der Waals surface area contributed by atoms with Crippen LogP contribution in [0.15, 0.2) is 17.1 Å². The van der Waals surface area contributed by atoms with E-state index >= 15 is 0 Å². The highest BCUT2D eigenvalue weighted by Crippen LogP contribution is 1.86. The molecule has 0 aliphatic carbocycles. The lowest BCUT2D eigenvalue weighted by Crippen LogP contribution is -2.34. The van der Waals surface area contributed by atoms with Gasteiger partial charge in [-0.3, -0.25) is 4.79 Å². The van der Waals surface area contributed by atoms with Crippen LogP contribution in [0.4, 0.5) is 4.39 Å². The van der Waals surface area contributed by atoms with E-state index in [0.29, 0.717) is 6.07 Å². The summed E-state index contributed by atoms with van der Waals surface area (Å²) in [6, 6.07) is 0.648. The zero-order valence-electron chi connectivity index (χ0n) is 5.41. The summed E-state index contributed by atoms with van der Waals surface area (Å²) in [4.78, 5) is 12.5. The summed E-state index contributed by atoms with van der Waals surface area (Å²) < 4.78 is 12.6. The summed E-state index contributed by atoms with van der Waals surface area (Å²) in [5.74, 6) is -0.927. The Hall–Kier alpha value is -1.14. The minimum Gasteiger partial charge on any atom is -0.423 e. The molecule has 1 aromatic heterocycles. The lowest BCUT2D eigenvalue weighted by atomic mass is 9.81. The summed E-state index contributed by atoms with van der Waals surface area (Å²) in [6.07, 6.45) is 0.919. The van der Waals surface area contributed by atoms with E-state index in [1.165, 1.54) is 0 Å². The molecule has 0 bridgehead atoms. The molecule has 1 heterocycles. The maximum absolute atomic E-state index is 12.6. The van der Waals surface area contributed by atoms with Crippen molar-refractivity contribution in [1.29, 1.82) is 0 Å².